The van der Waals surface area contributed by atoms with Gasteiger partial charge in [-0.1, -0.05) is 12.1 Å². The lowest BCUT2D eigenvalue weighted by Crippen LogP contribution is -2.13. The SMILES string of the molecule is CC(=N)OC(=N)CC(O)c1cc(CCCCC(F)(F)F)ccc1F. The number of aliphatic hydroxyl groups is 1. The lowest BCUT2D eigenvalue weighted by atomic mass is 9.99. The molecule has 0 bridgehead atoms. The second-order valence-electron chi connectivity index (χ2n) is 5.48. The van der Waals surface area contributed by atoms with E-state index in [1.807, 2.05) is 0 Å². The standard InChI is InChI=1S/C16H20F4N2O2/c1-10(21)24-15(22)9-14(23)12-8-11(5-6-13(12)17)4-2-3-7-16(18,19)20/h5-6,8,14,21-23H,2-4,7,9H2,1H3. The molecule has 0 fully saturated rings. The van der Waals surface area contributed by atoms with Crippen molar-refractivity contribution in [2.24, 2.45) is 0 Å². The van der Waals surface area contributed by atoms with Gasteiger partial charge in [0.05, 0.1) is 12.5 Å². The molecule has 1 atom stereocenters. The number of aliphatic hydroxyl groups excluding tert-OH is 1. The Morgan fingerprint density at radius 3 is 2.50 bits per heavy atom. The molecule has 24 heavy (non-hydrogen) atoms. The van der Waals surface area contributed by atoms with Gasteiger partial charge in [0.2, 0.25) is 0 Å². The highest BCUT2D eigenvalue weighted by molar-refractivity contribution is 5.87. The number of benzene rings is 1. The van der Waals surface area contributed by atoms with E-state index in [0.717, 1.165) is 6.07 Å². The monoisotopic (exact) mass is 348 g/mol. The summed E-state index contributed by atoms with van der Waals surface area (Å²) in [5.41, 5.74) is 0.572. The summed E-state index contributed by atoms with van der Waals surface area (Å²) in [6, 6.07) is 3.99. The summed E-state index contributed by atoms with van der Waals surface area (Å²) < 4.78 is 54.8. The van der Waals surface area contributed by atoms with E-state index in [9.17, 15) is 22.7 Å². The number of alkyl halides is 3. The largest absolute Gasteiger partial charge is 0.430 e. The first-order valence-electron chi connectivity index (χ1n) is 7.42. The van der Waals surface area contributed by atoms with Crippen LogP contribution in [0.15, 0.2) is 18.2 Å². The fourth-order valence-electron chi connectivity index (χ4n) is 2.17. The number of hydrogen-bond acceptors (Lipinski definition) is 4. The van der Waals surface area contributed by atoms with Gasteiger partial charge in [0, 0.05) is 18.9 Å². The number of halogens is 4. The topological polar surface area (TPSA) is 77.2 Å². The predicted molar refractivity (Wildman–Crippen MR) is 81.8 cm³/mol. The van der Waals surface area contributed by atoms with Gasteiger partial charge in [-0.25, -0.2) is 4.39 Å². The van der Waals surface area contributed by atoms with Gasteiger partial charge in [0.15, 0.2) is 11.8 Å². The van der Waals surface area contributed by atoms with E-state index < -0.39 is 24.5 Å². The van der Waals surface area contributed by atoms with Gasteiger partial charge in [0.25, 0.3) is 0 Å². The van der Waals surface area contributed by atoms with Gasteiger partial charge in [-0.2, -0.15) is 13.2 Å². The molecule has 4 nitrogen and oxygen atoms in total. The second-order valence-corrected chi connectivity index (χ2v) is 5.48. The Hall–Kier alpha value is -1.96. The minimum Gasteiger partial charge on any atom is -0.430 e. The van der Waals surface area contributed by atoms with Crippen molar-refractivity contribution in [3.63, 3.8) is 0 Å². The first-order chi connectivity index (χ1) is 11.1. The van der Waals surface area contributed by atoms with Crippen LogP contribution in [0.2, 0.25) is 0 Å². The third-order valence-corrected chi connectivity index (χ3v) is 3.25. The Bertz CT molecular complexity index is 588. The Morgan fingerprint density at radius 1 is 1.25 bits per heavy atom. The maximum Gasteiger partial charge on any atom is 0.389 e. The van der Waals surface area contributed by atoms with Crippen LogP contribution >= 0.6 is 0 Å². The van der Waals surface area contributed by atoms with Crippen molar-refractivity contribution >= 4 is 11.8 Å². The minimum atomic E-state index is -4.18. The lowest BCUT2D eigenvalue weighted by Gasteiger charge is -2.14. The van der Waals surface area contributed by atoms with Crippen LogP contribution in [-0.4, -0.2) is 23.1 Å². The van der Waals surface area contributed by atoms with Gasteiger partial charge < -0.3 is 9.84 Å². The average Bonchev–Trinajstić information content (AvgIpc) is 2.43. The van der Waals surface area contributed by atoms with Crippen molar-refractivity contribution in [3.05, 3.63) is 35.1 Å². The minimum absolute atomic E-state index is 0.0180. The molecule has 8 heteroatoms. The zero-order valence-corrected chi connectivity index (χ0v) is 13.2. The number of ether oxygens (including phenoxy) is 1. The molecule has 0 saturated carbocycles. The summed E-state index contributed by atoms with van der Waals surface area (Å²) in [6.45, 7) is 1.32. The smallest absolute Gasteiger partial charge is 0.389 e. The van der Waals surface area contributed by atoms with Crippen molar-refractivity contribution in [2.45, 2.75) is 51.3 Å². The number of hydrogen-bond donors (Lipinski definition) is 3. The van der Waals surface area contributed by atoms with Gasteiger partial charge in [-0.05, 0) is 30.9 Å². The van der Waals surface area contributed by atoms with Crippen LogP contribution in [0.4, 0.5) is 17.6 Å². The van der Waals surface area contributed by atoms with E-state index >= 15 is 0 Å². The third-order valence-electron chi connectivity index (χ3n) is 3.25. The van der Waals surface area contributed by atoms with Crippen molar-refractivity contribution in [1.29, 1.82) is 10.8 Å². The fourth-order valence-corrected chi connectivity index (χ4v) is 2.17. The zero-order valence-electron chi connectivity index (χ0n) is 13.2. The molecule has 0 aliphatic carbocycles. The third kappa shape index (κ3) is 7.54. The molecule has 0 aliphatic rings. The molecule has 0 heterocycles. The quantitative estimate of drug-likeness (QED) is 0.293. The maximum atomic E-state index is 13.8. The summed E-state index contributed by atoms with van der Waals surface area (Å²) in [5.74, 6) is -1.25. The van der Waals surface area contributed by atoms with Crippen molar-refractivity contribution in [2.75, 3.05) is 0 Å². The highest BCUT2D eigenvalue weighted by Gasteiger charge is 2.25. The number of aryl methyl sites for hydroxylation is 1. The molecular weight excluding hydrogens is 328 g/mol. The van der Waals surface area contributed by atoms with Crippen LogP contribution in [0, 0.1) is 16.6 Å². The van der Waals surface area contributed by atoms with E-state index in [2.05, 4.69) is 0 Å². The molecule has 0 aliphatic heterocycles. The van der Waals surface area contributed by atoms with Crippen LogP contribution in [-0.2, 0) is 11.2 Å². The molecule has 1 rings (SSSR count). The molecule has 1 aromatic rings. The van der Waals surface area contributed by atoms with Crippen LogP contribution in [0.1, 0.15) is 49.8 Å². The normalized spacial score (nSPS) is 12.8. The summed E-state index contributed by atoms with van der Waals surface area (Å²) in [6.07, 6.45) is -6.05. The van der Waals surface area contributed by atoms with Gasteiger partial charge in [-0.15, -0.1) is 0 Å². The van der Waals surface area contributed by atoms with Crippen LogP contribution < -0.4 is 0 Å². The van der Waals surface area contributed by atoms with Gasteiger partial charge in [-0.3, -0.25) is 10.8 Å². The summed E-state index contributed by atoms with van der Waals surface area (Å²) in [5, 5.41) is 24.6. The summed E-state index contributed by atoms with van der Waals surface area (Å²) >= 11 is 0. The molecule has 0 amide bonds. The Labute approximate surface area is 137 Å². The van der Waals surface area contributed by atoms with Crippen LogP contribution in [0.25, 0.3) is 0 Å². The Kier molecular flexibility index (Phi) is 7.34. The second kappa shape index (κ2) is 8.77. The van der Waals surface area contributed by atoms with Crippen LogP contribution in [0.5, 0.6) is 0 Å². The number of rotatable bonds is 7. The molecule has 3 N–H and O–H groups in total. The van der Waals surface area contributed by atoms with Crippen molar-refractivity contribution in [1.82, 2.24) is 0 Å². The van der Waals surface area contributed by atoms with E-state index in [1.54, 1.807) is 0 Å². The van der Waals surface area contributed by atoms with E-state index in [0.29, 0.717) is 18.4 Å². The molecule has 0 spiro atoms. The Morgan fingerprint density at radius 2 is 1.92 bits per heavy atom. The highest BCUT2D eigenvalue weighted by Crippen LogP contribution is 2.25. The zero-order chi connectivity index (χ0) is 18.3. The van der Waals surface area contributed by atoms with E-state index in [-0.39, 0.29) is 30.2 Å². The maximum absolute atomic E-state index is 13.8. The molecule has 0 saturated heterocycles. The van der Waals surface area contributed by atoms with E-state index in [1.165, 1.54) is 19.1 Å². The molecule has 0 radical (unpaired) electrons. The highest BCUT2D eigenvalue weighted by atomic mass is 19.4. The summed E-state index contributed by atoms with van der Waals surface area (Å²) in [7, 11) is 0. The van der Waals surface area contributed by atoms with Crippen molar-refractivity contribution in [3.8, 4) is 0 Å². The predicted octanol–water partition coefficient (Wildman–Crippen LogP) is 4.52. The van der Waals surface area contributed by atoms with Gasteiger partial charge >= 0.3 is 6.18 Å². The van der Waals surface area contributed by atoms with Crippen molar-refractivity contribution < 1.29 is 27.4 Å². The molecule has 1 aromatic carbocycles. The lowest BCUT2D eigenvalue weighted by molar-refractivity contribution is -0.135. The number of unbranched alkanes of at least 4 members (excludes halogenated alkanes) is 1. The van der Waals surface area contributed by atoms with E-state index in [4.69, 9.17) is 15.6 Å². The molecule has 0 aromatic heterocycles. The van der Waals surface area contributed by atoms with Crippen LogP contribution in [0.3, 0.4) is 0 Å². The fraction of sp³-hybridized carbons (Fsp3) is 0.500. The first kappa shape index (κ1) is 20.1. The summed E-state index contributed by atoms with van der Waals surface area (Å²) in [4.78, 5) is 0. The van der Waals surface area contributed by atoms with Gasteiger partial charge in [0.1, 0.15) is 5.82 Å². The first-order valence-corrected chi connectivity index (χ1v) is 7.42. The number of nitrogens with one attached hydrogen (secondary N) is 2. The average molecular weight is 348 g/mol. The molecule has 1 unspecified atom stereocenters. The molecular formula is C16H20F4N2O2. The Balaban J connectivity index is 2.65. The molecule has 134 valence electrons.